The number of hydrogen-bond donors (Lipinski definition) is 1. The summed E-state index contributed by atoms with van der Waals surface area (Å²) in [5.41, 5.74) is 9.27. The second kappa shape index (κ2) is 7.97. The van der Waals surface area contributed by atoms with Crippen LogP contribution in [0.25, 0.3) is 0 Å². The van der Waals surface area contributed by atoms with Crippen LogP contribution in [-0.4, -0.2) is 0 Å². The molecule has 1 unspecified atom stereocenters. The van der Waals surface area contributed by atoms with Crippen LogP contribution >= 0.6 is 0 Å². The number of rotatable bonds is 7. The van der Waals surface area contributed by atoms with E-state index in [2.05, 4.69) is 44.7 Å². The third-order valence-corrected chi connectivity index (χ3v) is 3.42. The lowest BCUT2D eigenvalue weighted by atomic mass is 9.94. The minimum Gasteiger partial charge on any atom is -0.402 e. The van der Waals surface area contributed by atoms with Gasteiger partial charge < -0.3 is 5.73 Å². The van der Waals surface area contributed by atoms with Crippen LogP contribution in [0.2, 0.25) is 0 Å². The average Bonchev–Trinajstić information content (AvgIpc) is 2.47. The van der Waals surface area contributed by atoms with Gasteiger partial charge in [0.25, 0.3) is 0 Å². The van der Waals surface area contributed by atoms with Crippen molar-refractivity contribution in [1.82, 2.24) is 0 Å². The topological polar surface area (TPSA) is 26.0 Å². The molecule has 18 heavy (non-hydrogen) atoms. The van der Waals surface area contributed by atoms with Gasteiger partial charge in [-0.25, -0.2) is 0 Å². The first-order chi connectivity index (χ1) is 8.63. The maximum Gasteiger partial charge on any atom is 0.0115 e. The van der Waals surface area contributed by atoms with E-state index in [1.807, 2.05) is 0 Å². The molecule has 0 saturated heterocycles. The molecular weight excluding hydrogens is 218 g/mol. The first kappa shape index (κ1) is 14.8. The number of hydrogen-bond acceptors (Lipinski definition) is 1. The molecule has 0 spiro atoms. The van der Waals surface area contributed by atoms with Crippen molar-refractivity contribution >= 4 is 0 Å². The van der Waals surface area contributed by atoms with E-state index in [0.29, 0.717) is 5.92 Å². The molecule has 2 N–H and O–H groups in total. The molecule has 1 aliphatic carbocycles. The third-order valence-electron chi connectivity index (χ3n) is 3.42. The summed E-state index contributed by atoms with van der Waals surface area (Å²) < 4.78 is 0. The summed E-state index contributed by atoms with van der Waals surface area (Å²) in [5, 5.41) is 0. The second-order valence-electron chi connectivity index (χ2n) is 5.28. The number of unbranched alkanes of at least 4 members (excludes halogenated alkanes) is 3. The van der Waals surface area contributed by atoms with E-state index < -0.39 is 0 Å². The van der Waals surface area contributed by atoms with Crippen molar-refractivity contribution in [2.75, 3.05) is 0 Å². The summed E-state index contributed by atoms with van der Waals surface area (Å²) in [6.45, 7) is 8.32. The minimum absolute atomic E-state index is 0.548. The predicted molar refractivity (Wildman–Crippen MR) is 81.2 cm³/mol. The van der Waals surface area contributed by atoms with Gasteiger partial charge in [-0.15, -0.1) is 0 Å². The molecule has 0 fully saturated rings. The highest BCUT2D eigenvalue weighted by atomic mass is 14.6. The molecule has 0 bridgehead atoms. The first-order valence-corrected chi connectivity index (χ1v) is 7.14. The molecule has 0 aromatic carbocycles. The SMILES string of the molecule is C=C(N)CC1=CC=CC(C)C(CCCCCC)=C1. The van der Waals surface area contributed by atoms with Gasteiger partial charge in [0.1, 0.15) is 0 Å². The Morgan fingerprint density at radius 3 is 2.78 bits per heavy atom. The molecule has 0 heterocycles. The predicted octanol–water partition coefficient (Wildman–Crippen LogP) is 4.88. The van der Waals surface area contributed by atoms with Crippen LogP contribution in [0.15, 0.2) is 47.7 Å². The molecule has 0 saturated carbocycles. The number of nitrogens with two attached hydrogens (primary N) is 1. The monoisotopic (exact) mass is 245 g/mol. The molecule has 1 atom stereocenters. The van der Waals surface area contributed by atoms with Crippen molar-refractivity contribution < 1.29 is 0 Å². The minimum atomic E-state index is 0.548. The van der Waals surface area contributed by atoms with Crippen LogP contribution in [0.5, 0.6) is 0 Å². The molecule has 1 heteroatoms. The van der Waals surface area contributed by atoms with Crippen molar-refractivity contribution in [2.24, 2.45) is 11.7 Å². The van der Waals surface area contributed by atoms with Gasteiger partial charge in [0.05, 0.1) is 0 Å². The lowest BCUT2D eigenvalue weighted by molar-refractivity contribution is 0.640. The van der Waals surface area contributed by atoms with Crippen molar-refractivity contribution in [2.45, 2.75) is 52.4 Å². The van der Waals surface area contributed by atoms with Gasteiger partial charge in [-0.2, -0.15) is 0 Å². The van der Waals surface area contributed by atoms with Gasteiger partial charge in [-0.05, 0) is 24.3 Å². The largest absolute Gasteiger partial charge is 0.402 e. The van der Waals surface area contributed by atoms with E-state index in [1.54, 1.807) is 0 Å². The third kappa shape index (κ3) is 5.39. The lowest BCUT2D eigenvalue weighted by Gasteiger charge is -2.12. The second-order valence-corrected chi connectivity index (χ2v) is 5.28. The quantitative estimate of drug-likeness (QED) is 0.636. The summed E-state index contributed by atoms with van der Waals surface area (Å²) in [4.78, 5) is 0. The lowest BCUT2D eigenvalue weighted by Crippen LogP contribution is -1.98. The van der Waals surface area contributed by atoms with Gasteiger partial charge in [0, 0.05) is 12.1 Å². The Kier molecular flexibility index (Phi) is 6.56. The molecular formula is C17H27N. The first-order valence-electron chi connectivity index (χ1n) is 7.14. The fourth-order valence-electron chi connectivity index (χ4n) is 2.31. The highest BCUT2D eigenvalue weighted by molar-refractivity contribution is 5.35. The molecule has 1 rings (SSSR count). The maximum atomic E-state index is 5.71. The Morgan fingerprint density at radius 1 is 1.33 bits per heavy atom. The Labute approximate surface area is 112 Å². The summed E-state index contributed by atoms with van der Waals surface area (Å²) >= 11 is 0. The number of allylic oxidation sites excluding steroid dienone is 6. The zero-order valence-electron chi connectivity index (χ0n) is 11.9. The van der Waals surface area contributed by atoms with E-state index in [1.165, 1.54) is 43.3 Å². The van der Waals surface area contributed by atoms with Crippen LogP contribution in [0.1, 0.15) is 52.4 Å². The van der Waals surface area contributed by atoms with Crippen LogP contribution in [0.4, 0.5) is 0 Å². The molecule has 0 aromatic rings. The Hall–Kier alpha value is -1.24. The van der Waals surface area contributed by atoms with Gasteiger partial charge in [-0.3, -0.25) is 0 Å². The van der Waals surface area contributed by atoms with Gasteiger partial charge in [-0.1, -0.05) is 69.6 Å². The Morgan fingerprint density at radius 2 is 2.11 bits per heavy atom. The molecule has 0 radical (unpaired) electrons. The highest BCUT2D eigenvalue weighted by Gasteiger charge is 2.09. The van der Waals surface area contributed by atoms with Crippen molar-refractivity contribution in [3.63, 3.8) is 0 Å². The summed E-state index contributed by atoms with van der Waals surface area (Å²) in [6.07, 6.45) is 16.2. The van der Waals surface area contributed by atoms with Crippen molar-refractivity contribution in [3.05, 3.63) is 47.7 Å². The Bertz CT molecular complexity index is 358. The molecule has 0 amide bonds. The van der Waals surface area contributed by atoms with E-state index >= 15 is 0 Å². The van der Waals surface area contributed by atoms with Gasteiger partial charge in [0.15, 0.2) is 0 Å². The maximum absolute atomic E-state index is 5.71. The molecule has 100 valence electrons. The van der Waals surface area contributed by atoms with Crippen molar-refractivity contribution in [1.29, 1.82) is 0 Å². The normalized spacial score (nSPS) is 19.1. The van der Waals surface area contributed by atoms with E-state index in [0.717, 1.165) is 12.1 Å². The molecule has 1 nitrogen and oxygen atoms in total. The fraction of sp³-hybridized carbons (Fsp3) is 0.529. The van der Waals surface area contributed by atoms with Crippen LogP contribution in [-0.2, 0) is 0 Å². The zero-order chi connectivity index (χ0) is 13.4. The fourth-order valence-corrected chi connectivity index (χ4v) is 2.31. The summed E-state index contributed by atoms with van der Waals surface area (Å²) in [6, 6.07) is 0. The van der Waals surface area contributed by atoms with Crippen LogP contribution in [0.3, 0.4) is 0 Å². The van der Waals surface area contributed by atoms with Crippen LogP contribution in [0, 0.1) is 5.92 Å². The van der Waals surface area contributed by atoms with Gasteiger partial charge in [0.2, 0.25) is 0 Å². The summed E-state index contributed by atoms with van der Waals surface area (Å²) in [7, 11) is 0. The van der Waals surface area contributed by atoms with Gasteiger partial charge >= 0.3 is 0 Å². The standard InChI is InChI=1S/C17H27N/c1-4-5-6-7-11-17-13-16(12-15(3)18)10-8-9-14(17)2/h8-10,13-14H,3-7,11-12,18H2,1-2H3. The zero-order valence-corrected chi connectivity index (χ0v) is 11.9. The van der Waals surface area contributed by atoms with Crippen molar-refractivity contribution in [3.8, 4) is 0 Å². The Balaban J connectivity index is 2.61. The molecule has 1 aliphatic rings. The van der Waals surface area contributed by atoms with E-state index in [4.69, 9.17) is 5.73 Å². The average molecular weight is 245 g/mol. The van der Waals surface area contributed by atoms with Crippen LogP contribution < -0.4 is 5.73 Å². The summed E-state index contributed by atoms with van der Waals surface area (Å²) in [5.74, 6) is 0.548. The molecule has 0 aromatic heterocycles. The highest BCUT2D eigenvalue weighted by Crippen LogP contribution is 2.25. The smallest absolute Gasteiger partial charge is 0.0115 e. The van der Waals surface area contributed by atoms with E-state index in [9.17, 15) is 0 Å². The molecule has 0 aliphatic heterocycles. The van der Waals surface area contributed by atoms with E-state index in [-0.39, 0.29) is 0 Å².